The van der Waals surface area contributed by atoms with Gasteiger partial charge < -0.3 is 4.74 Å². The fourth-order valence-electron chi connectivity index (χ4n) is 1.97. The van der Waals surface area contributed by atoms with Crippen molar-refractivity contribution in [2.45, 2.75) is 38.4 Å². The van der Waals surface area contributed by atoms with Gasteiger partial charge in [0.15, 0.2) is 0 Å². The number of rotatable bonds is 3. The lowest BCUT2D eigenvalue weighted by Crippen LogP contribution is -2.25. The first kappa shape index (κ1) is 10.4. The topological polar surface area (TPSA) is 9.23 Å². The summed E-state index contributed by atoms with van der Waals surface area (Å²) >= 11 is 0. The summed E-state index contributed by atoms with van der Waals surface area (Å²) in [6, 6.07) is 10.6. The second kappa shape index (κ2) is 5.13. The Kier molecular flexibility index (Phi) is 3.57. The number of benzene rings is 1. The molecular weight excluding hydrogens is 184 g/mol. The average molecular weight is 202 g/mol. The molecule has 1 aliphatic rings. The summed E-state index contributed by atoms with van der Waals surface area (Å²) in [6.07, 6.45) is 8.27. The normalized spacial score (nSPS) is 25.4. The van der Waals surface area contributed by atoms with E-state index >= 15 is 0 Å². The van der Waals surface area contributed by atoms with Crippen LogP contribution in [-0.4, -0.2) is 12.2 Å². The second-order valence-electron chi connectivity index (χ2n) is 4.06. The Balaban J connectivity index is 1.93. The lowest BCUT2D eigenvalue weighted by atomic mass is 10.0. The summed E-state index contributed by atoms with van der Waals surface area (Å²) in [5.74, 6) is 0. The van der Waals surface area contributed by atoms with Gasteiger partial charge in [-0.25, -0.2) is 0 Å². The molecular formula is C14H18O. The molecule has 1 aromatic carbocycles. The van der Waals surface area contributed by atoms with Gasteiger partial charge in [0.2, 0.25) is 0 Å². The summed E-state index contributed by atoms with van der Waals surface area (Å²) < 4.78 is 5.95. The van der Waals surface area contributed by atoms with Crippen molar-refractivity contribution < 1.29 is 4.74 Å². The molecule has 0 aliphatic carbocycles. The molecule has 1 aromatic rings. The molecule has 15 heavy (non-hydrogen) atoms. The minimum atomic E-state index is 0.326. The average Bonchev–Trinajstić information content (AvgIpc) is 2.31. The Morgan fingerprint density at radius 2 is 2.07 bits per heavy atom. The molecule has 0 unspecified atom stereocenters. The van der Waals surface area contributed by atoms with Crippen LogP contribution in [0.1, 0.15) is 25.3 Å². The first-order chi connectivity index (χ1) is 7.38. The predicted molar refractivity (Wildman–Crippen MR) is 62.9 cm³/mol. The molecule has 1 heterocycles. The quantitative estimate of drug-likeness (QED) is 0.683. The van der Waals surface area contributed by atoms with Crippen molar-refractivity contribution in [3.8, 4) is 0 Å². The van der Waals surface area contributed by atoms with Crippen LogP contribution in [0.25, 0.3) is 0 Å². The van der Waals surface area contributed by atoms with Gasteiger partial charge in [0, 0.05) is 0 Å². The van der Waals surface area contributed by atoms with Crippen LogP contribution in [0.4, 0.5) is 0 Å². The third-order valence-corrected chi connectivity index (χ3v) is 2.83. The zero-order valence-corrected chi connectivity index (χ0v) is 9.23. The van der Waals surface area contributed by atoms with Crippen molar-refractivity contribution in [1.82, 2.24) is 0 Å². The molecule has 1 heteroatoms. The highest BCUT2D eigenvalue weighted by Crippen LogP contribution is 2.18. The Hall–Kier alpha value is -1.08. The highest BCUT2D eigenvalue weighted by molar-refractivity contribution is 5.16. The molecule has 0 spiro atoms. The molecule has 0 fully saturated rings. The minimum Gasteiger partial charge on any atom is -0.370 e. The zero-order valence-electron chi connectivity index (χ0n) is 9.23. The third kappa shape index (κ3) is 2.93. The van der Waals surface area contributed by atoms with Crippen LogP contribution in [0, 0.1) is 0 Å². The van der Waals surface area contributed by atoms with Gasteiger partial charge in [-0.05, 0) is 24.8 Å². The molecule has 80 valence electrons. The summed E-state index contributed by atoms with van der Waals surface area (Å²) in [5.41, 5.74) is 1.37. The van der Waals surface area contributed by atoms with Crippen LogP contribution in [-0.2, 0) is 11.2 Å². The zero-order chi connectivity index (χ0) is 10.5. The molecule has 1 nitrogen and oxygen atoms in total. The fraction of sp³-hybridized carbons (Fsp3) is 0.429. The Morgan fingerprint density at radius 1 is 1.27 bits per heavy atom. The van der Waals surface area contributed by atoms with E-state index in [4.69, 9.17) is 4.74 Å². The maximum Gasteiger partial charge on any atom is 0.0757 e. The SMILES string of the molecule is CC[C@@H]1C=CC[C@@H](Cc2ccccc2)O1. The lowest BCUT2D eigenvalue weighted by molar-refractivity contribution is 0.00529. The van der Waals surface area contributed by atoms with Crippen molar-refractivity contribution >= 4 is 0 Å². The summed E-state index contributed by atoms with van der Waals surface area (Å²) in [6.45, 7) is 2.17. The number of ether oxygens (including phenoxy) is 1. The van der Waals surface area contributed by atoms with Gasteiger partial charge in [-0.1, -0.05) is 49.4 Å². The first-order valence-corrected chi connectivity index (χ1v) is 5.74. The maximum atomic E-state index is 5.95. The lowest BCUT2D eigenvalue weighted by Gasteiger charge is -2.25. The molecule has 0 radical (unpaired) electrons. The molecule has 0 amide bonds. The van der Waals surface area contributed by atoms with Crippen LogP contribution in [0.5, 0.6) is 0 Å². The number of hydrogen-bond acceptors (Lipinski definition) is 1. The fourth-order valence-corrected chi connectivity index (χ4v) is 1.97. The van der Waals surface area contributed by atoms with Crippen molar-refractivity contribution in [3.05, 3.63) is 48.0 Å². The highest BCUT2D eigenvalue weighted by atomic mass is 16.5. The van der Waals surface area contributed by atoms with Crippen molar-refractivity contribution in [3.63, 3.8) is 0 Å². The Morgan fingerprint density at radius 3 is 2.80 bits per heavy atom. The summed E-state index contributed by atoms with van der Waals surface area (Å²) in [4.78, 5) is 0. The van der Waals surface area contributed by atoms with Gasteiger partial charge in [-0.2, -0.15) is 0 Å². The smallest absolute Gasteiger partial charge is 0.0757 e. The van der Waals surface area contributed by atoms with E-state index in [0.717, 1.165) is 19.3 Å². The van der Waals surface area contributed by atoms with Crippen molar-refractivity contribution in [1.29, 1.82) is 0 Å². The summed E-state index contributed by atoms with van der Waals surface area (Å²) in [5, 5.41) is 0. The summed E-state index contributed by atoms with van der Waals surface area (Å²) in [7, 11) is 0. The largest absolute Gasteiger partial charge is 0.370 e. The molecule has 0 bridgehead atoms. The van der Waals surface area contributed by atoms with Crippen LogP contribution in [0.3, 0.4) is 0 Å². The van der Waals surface area contributed by atoms with E-state index < -0.39 is 0 Å². The Bertz CT molecular complexity index is 315. The van der Waals surface area contributed by atoms with Crippen LogP contribution in [0.15, 0.2) is 42.5 Å². The molecule has 0 saturated carbocycles. The Labute approximate surface area is 91.8 Å². The third-order valence-electron chi connectivity index (χ3n) is 2.83. The molecule has 1 aliphatic heterocycles. The van der Waals surface area contributed by atoms with E-state index in [1.807, 2.05) is 0 Å². The maximum absolute atomic E-state index is 5.95. The van der Waals surface area contributed by atoms with E-state index in [1.54, 1.807) is 0 Å². The predicted octanol–water partition coefficient (Wildman–Crippen LogP) is 3.35. The molecule has 0 saturated heterocycles. The van der Waals surface area contributed by atoms with E-state index in [0.29, 0.717) is 12.2 Å². The van der Waals surface area contributed by atoms with Crippen LogP contribution < -0.4 is 0 Å². The second-order valence-corrected chi connectivity index (χ2v) is 4.06. The molecule has 2 atom stereocenters. The van der Waals surface area contributed by atoms with Crippen LogP contribution >= 0.6 is 0 Å². The highest BCUT2D eigenvalue weighted by Gasteiger charge is 2.16. The number of hydrogen-bond donors (Lipinski definition) is 0. The van der Waals surface area contributed by atoms with Crippen molar-refractivity contribution in [2.24, 2.45) is 0 Å². The van der Waals surface area contributed by atoms with Gasteiger partial charge in [-0.15, -0.1) is 0 Å². The van der Waals surface area contributed by atoms with Gasteiger partial charge >= 0.3 is 0 Å². The first-order valence-electron chi connectivity index (χ1n) is 5.74. The standard InChI is InChI=1S/C14H18O/c1-2-13-9-6-10-14(15-13)11-12-7-4-3-5-8-12/h3-9,13-14H,2,10-11H2,1H3/t13-,14+/m1/s1. The van der Waals surface area contributed by atoms with Crippen LogP contribution in [0.2, 0.25) is 0 Å². The molecule has 2 rings (SSSR count). The van der Waals surface area contributed by atoms with Crippen molar-refractivity contribution in [2.75, 3.05) is 0 Å². The monoisotopic (exact) mass is 202 g/mol. The van der Waals surface area contributed by atoms with E-state index in [9.17, 15) is 0 Å². The van der Waals surface area contributed by atoms with E-state index in [1.165, 1.54) is 5.56 Å². The molecule has 0 aromatic heterocycles. The molecule has 0 N–H and O–H groups in total. The minimum absolute atomic E-state index is 0.326. The van der Waals surface area contributed by atoms with Gasteiger partial charge in [-0.3, -0.25) is 0 Å². The van der Waals surface area contributed by atoms with E-state index in [2.05, 4.69) is 49.4 Å². The van der Waals surface area contributed by atoms with Gasteiger partial charge in [0.05, 0.1) is 12.2 Å². The van der Waals surface area contributed by atoms with Gasteiger partial charge in [0.25, 0.3) is 0 Å². The van der Waals surface area contributed by atoms with E-state index in [-0.39, 0.29) is 0 Å². The van der Waals surface area contributed by atoms with Gasteiger partial charge in [0.1, 0.15) is 0 Å².